The molecular weight excluding hydrogens is 440 g/mol. The van der Waals surface area contributed by atoms with Crippen LogP contribution in [0, 0.1) is 5.41 Å². The van der Waals surface area contributed by atoms with E-state index in [-0.39, 0.29) is 35.3 Å². The third-order valence-corrected chi connectivity index (χ3v) is 12.5. The molecule has 5 nitrogen and oxygen atoms in total. The van der Waals surface area contributed by atoms with Gasteiger partial charge in [0, 0.05) is 7.26 Å². The first-order valence-electron chi connectivity index (χ1n) is 10.6. The Morgan fingerprint density at radius 2 is 1.56 bits per heavy atom. The highest BCUT2D eigenvalue weighted by molar-refractivity contribution is 7.78. The molecule has 0 atom stereocenters. The van der Waals surface area contributed by atoms with Gasteiger partial charge >= 0.3 is 12.3 Å². The molecule has 1 N–H and O–H groups in total. The van der Waals surface area contributed by atoms with Gasteiger partial charge < -0.3 is 4.74 Å². The summed E-state index contributed by atoms with van der Waals surface area (Å²) in [5.74, 6) is 1.13. The van der Waals surface area contributed by atoms with Gasteiger partial charge in [-0.3, -0.25) is 10.2 Å². The molecule has 0 unspecified atom stereocenters. The van der Waals surface area contributed by atoms with Gasteiger partial charge in [0.1, 0.15) is 5.57 Å². The van der Waals surface area contributed by atoms with Crippen molar-refractivity contribution in [3.63, 3.8) is 0 Å². The van der Waals surface area contributed by atoms with Crippen molar-refractivity contribution in [3.05, 3.63) is 35.4 Å². The van der Waals surface area contributed by atoms with E-state index in [1.807, 2.05) is 0 Å². The first kappa shape index (κ1) is 27.9. The van der Waals surface area contributed by atoms with Crippen LogP contribution in [0.2, 0.25) is 0 Å². The molecule has 0 fully saturated rings. The molecule has 0 bridgehead atoms. The fourth-order valence-electron chi connectivity index (χ4n) is 4.29. The number of nitrogens with zero attached hydrogens (tertiary/aromatic N) is 1. The summed E-state index contributed by atoms with van der Waals surface area (Å²) in [5.41, 5.74) is -1.27. The van der Waals surface area contributed by atoms with Gasteiger partial charge in [0.15, 0.2) is 0 Å². The Morgan fingerprint density at radius 3 is 1.97 bits per heavy atom. The second-order valence-corrected chi connectivity index (χ2v) is 13.8. The summed E-state index contributed by atoms with van der Waals surface area (Å²) in [6, 6.07) is 4.34. The minimum Gasteiger partial charge on any atom is -0.449 e. The Hall–Kier alpha value is -2.17. The number of para-hydroxylation sites is 1. The van der Waals surface area contributed by atoms with E-state index < -0.39 is 36.7 Å². The minimum absolute atomic E-state index is 0.124. The predicted octanol–water partition coefficient (Wildman–Crippen LogP) is 6.61. The minimum atomic E-state index is -4.79. The molecule has 1 aromatic carbocycles. The van der Waals surface area contributed by atoms with Crippen LogP contribution in [0.15, 0.2) is 29.8 Å². The number of benzene rings is 1. The van der Waals surface area contributed by atoms with Crippen molar-refractivity contribution in [2.75, 3.05) is 17.7 Å². The summed E-state index contributed by atoms with van der Waals surface area (Å²) in [5, 5.41) is 7.78. The first-order valence-corrected chi connectivity index (χ1v) is 12.8. The van der Waals surface area contributed by atoms with Gasteiger partial charge in [0.25, 0.3) is 5.91 Å². The number of carbonyl (C=O) groups is 2. The Bertz CT molecular complexity index is 854. The predicted molar refractivity (Wildman–Crippen MR) is 124 cm³/mol. The molecule has 32 heavy (non-hydrogen) atoms. The molecule has 0 aliphatic carbocycles. The molecule has 0 saturated carbocycles. The second-order valence-electron chi connectivity index (χ2n) is 8.39. The molecular formula is C23H33F3N2O3P+. The number of hydrogen-bond donors (Lipinski definition) is 1. The third-order valence-electron chi connectivity index (χ3n) is 5.83. The summed E-state index contributed by atoms with van der Waals surface area (Å²) in [4.78, 5) is 26.5. The number of amides is 2. The Balaban J connectivity index is 3.65. The van der Waals surface area contributed by atoms with Gasteiger partial charge in [-0.15, -0.1) is 0 Å². The molecule has 1 aromatic rings. The number of nitrogens with one attached hydrogen (secondary N) is 1. The van der Waals surface area contributed by atoms with Crippen LogP contribution in [0.25, 0.3) is 0 Å². The SMILES string of the molecule is CCOC(=O)N(C(=O)C(=C=N)C[P+](C(C)C)(C(C)C)C(C)C)c1ccccc1C(F)(F)F. The van der Waals surface area contributed by atoms with E-state index in [9.17, 15) is 22.8 Å². The Morgan fingerprint density at radius 1 is 1.06 bits per heavy atom. The third kappa shape index (κ3) is 5.79. The van der Waals surface area contributed by atoms with Crippen molar-refractivity contribution < 1.29 is 27.5 Å². The van der Waals surface area contributed by atoms with E-state index >= 15 is 0 Å². The molecule has 0 aromatic heterocycles. The molecule has 0 heterocycles. The van der Waals surface area contributed by atoms with E-state index in [4.69, 9.17) is 10.1 Å². The maximum Gasteiger partial charge on any atom is 0.421 e. The van der Waals surface area contributed by atoms with E-state index in [0.29, 0.717) is 4.90 Å². The molecule has 0 spiro atoms. The topological polar surface area (TPSA) is 70.5 Å². The molecule has 0 aliphatic rings. The quantitative estimate of drug-likeness (QED) is 0.262. The van der Waals surface area contributed by atoms with Gasteiger partial charge in [0.2, 0.25) is 0 Å². The van der Waals surface area contributed by atoms with E-state index in [0.717, 1.165) is 12.1 Å². The van der Waals surface area contributed by atoms with Crippen LogP contribution >= 0.6 is 7.26 Å². The Kier molecular flexibility index (Phi) is 9.67. The van der Waals surface area contributed by atoms with E-state index in [1.165, 1.54) is 19.1 Å². The van der Waals surface area contributed by atoms with Crippen LogP contribution in [0.4, 0.5) is 23.7 Å². The summed E-state index contributed by atoms with van der Waals surface area (Å²) < 4.78 is 45.9. The van der Waals surface area contributed by atoms with E-state index in [2.05, 4.69) is 47.4 Å². The fourth-order valence-corrected chi connectivity index (χ4v) is 9.73. The Labute approximate surface area is 188 Å². The van der Waals surface area contributed by atoms with Crippen molar-refractivity contribution in [2.24, 2.45) is 0 Å². The molecule has 9 heteroatoms. The molecule has 0 radical (unpaired) electrons. The van der Waals surface area contributed by atoms with Crippen molar-refractivity contribution in [3.8, 4) is 0 Å². The zero-order valence-electron chi connectivity index (χ0n) is 19.7. The number of halogens is 3. The highest BCUT2D eigenvalue weighted by Crippen LogP contribution is 2.70. The highest BCUT2D eigenvalue weighted by atomic mass is 31.2. The monoisotopic (exact) mass is 473 g/mol. The molecule has 2 amide bonds. The smallest absolute Gasteiger partial charge is 0.421 e. The average Bonchev–Trinajstić information content (AvgIpc) is 2.68. The van der Waals surface area contributed by atoms with Crippen LogP contribution in [-0.4, -0.2) is 47.6 Å². The zero-order chi connectivity index (χ0) is 24.9. The lowest BCUT2D eigenvalue weighted by Gasteiger charge is -2.38. The van der Waals surface area contributed by atoms with Gasteiger partial charge in [-0.25, -0.2) is 9.69 Å². The maximum atomic E-state index is 13.6. The summed E-state index contributed by atoms with van der Waals surface area (Å²) in [6.45, 7) is 13.7. The standard InChI is InChI=1S/C23H33F3N2O3P/c1-8-31-22(30)28(20-12-10-9-11-19(20)23(24,25)26)21(29)18(13-27)14-32(15(2)3,16(4)5)17(6)7/h9-12,15-17,27H,8,14H2,1-7H3/q+1. The van der Waals surface area contributed by atoms with Crippen LogP contribution in [0.1, 0.15) is 54.0 Å². The van der Waals surface area contributed by atoms with E-state index in [1.54, 1.807) is 0 Å². The van der Waals surface area contributed by atoms with Gasteiger partial charge in [-0.1, -0.05) is 12.1 Å². The van der Waals surface area contributed by atoms with Crippen molar-refractivity contribution >= 4 is 30.8 Å². The zero-order valence-corrected chi connectivity index (χ0v) is 20.6. The molecule has 0 saturated heterocycles. The van der Waals surface area contributed by atoms with Crippen LogP contribution < -0.4 is 4.90 Å². The number of alkyl halides is 3. The molecule has 0 aliphatic heterocycles. The van der Waals surface area contributed by atoms with Crippen molar-refractivity contribution in [1.82, 2.24) is 0 Å². The lowest BCUT2D eigenvalue weighted by atomic mass is 10.1. The van der Waals surface area contributed by atoms with Crippen LogP contribution in [0.3, 0.4) is 0 Å². The number of anilines is 1. The summed E-state index contributed by atoms with van der Waals surface area (Å²) >= 11 is 0. The second kappa shape index (κ2) is 11.1. The van der Waals surface area contributed by atoms with Crippen molar-refractivity contribution in [1.29, 1.82) is 5.41 Å². The van der Waals surface area contributed by atoms with Gasteiger partial charge in [-0.05, 0) is 66.5 Å². The first-order chi connectivity index (χ1) is 14.7. The average molecular weight is 473 g/mol. The fraction of sp³-hybridized carbons (Fsp3) is 0.565. The normalized spacial score (nSPS) is 12.2. The largest absolute Gasteiger partial charge is 0.449 e. The van der Waals surface area contributed by atoms with Crippen molar-refractivity contribution in [2.45, 2.75) is 71.6 Å². The number of hydrogen-bond acceptors (Lipinski definition) is 4. The number of ether oxygens (including phenoxy) is 1. The lowest BCUT2D eigenvalue weighted by Crippen LogP contribution is -2.41. The lowest BCUT2D eigenvalue weighted by molar-refractivity contribution is -0.137. The summed E-state index contributed by atoms with van der Waals surface area (Å²) in [6.07, 6.45) is -5.81. The summed E-state index contributed by atoms with van der Waals surface area (Å²) in [7, 11) is -1.90. The van der Waals surface area contributed by atoms with Gasteiger partial charge in [-0.2, -0.15) is 13.2 Å². The van der Waals surface area contributed by atoms with Crippen LogP contribution in [-0.2, 0) is 15.7 Å². The highest BCUT2D eigenvalue weighted by Gasteiger charge is 2.50. The number of imide groups is 1. The number of carbonyl (C=O) groups excluding carboxylic acids is 2. The molecule has 178 valence electrons. The number of rotatable bonds is 8. The molecule has 1 rings (SSSR count). The maximum absolute atomic E-state index is 13.6. The van der Waals surface area contributed by atoms with Crippen LogP contribution in [0.5, 0.6) is 0 Å². The van der Waals surface area contributed by atoms with Gasteiger partial charge in [0.05, 0.1) is 41.0 Å².